The number of H-pyrrole nitrogens is 1. The summed E-state index contributed by atoms with van der Waals surface area (Å²) in [5, 5.41) is 18.0. The summed E-state index contributed by atoms with van der Waals surface area (Å²) in [7, 11) is 1.96. The molecule has 0 saturated heterocycles. The van der Waals surface area contributed by atoms with E-state index in [1.54, 1.807) is 18.1 Å². The highest BCUT2D eigenvalue weighted by atomic mass is 32.2. The molecule has 0 saturated carbocycles. The Morgan fingerprint density at radius 3 is 2.83 bits per heavy atom. The number of benzene rings is 2. The fourth-order valence-corrected chi connectivity index (χ4v) is 3.63. The summed E-state index contributed by atoms with van der Waals surface area (Å²) in [5.74, 6) is 0. The van der Waals surface area contributed by atoms with Crippen molar-refractivity contribution in [3.8, 4) is 11.3 Å². The van der Waals surface area contributed by atoms with Crippen molar-refractivity contribution in [1.29, 1.82) is 0 Å². The van der Waals surface area contributed by atoms with Crippen molar-refractivity contribution >= 4 is 22.7 Å². The first-order valence-corrected chi connectivity index (χ1v) is 8.64. The molecule has 0 spiro atoms. The van der Waals surface area contributed by atoms with Gasteiger partial charge in [0, 0.05) is 23.2 Å². The summed E-state index contributed by atoms with van der Waals surface area (Å²) in [4.78, 5) is 0. The molecule has 0 amide bonds. The van der Waals surface area contributed by atoms with Crippen molar-refractivity contribution in [2.45, 2.75) is 17.3 Å². The van der Waals surface area contributed by atoms with Crippen molar-refractivity contribution in [3.63, 3.8) is 0 Å². The lowest BCUT2D eigenvalue weighted by atomic mass is 10.0. The van der Waals surface area contributed by atoms with Gasteiger partial charge >= 0.3 is 0 Å². The first-order valence-electron chi connectivity index (χ1n) is 7.76. The van der Waals surface area contributed by atoms with Gasteiger partial charge in [0.05, 0.1) is 11.2 Å². The smallest absolute Gasteiger partial charge is 0.191 e. The van der Waals surface area contributed by atoms with E-state index in [-0.39, 0.29) is 5.25 Å². The lowest BCUT2D eigenvalue weighted by molar-refractivity contribution is 0.785. The summed E-state index contributed by atoms with van der Waals surface area (Å²) < 4.78 is 1.94. The van der Waals surface area contributed by atoms with E-state index in [1.165, 1.54) is 5.56 Å². The minimum atomic E-state index is 0.276. The van der Waals surface area contributed by atoms with Crippen molar-refractivity contribution in [2.75, 3.05) is 0 Å². The zero-order valence-corrected chi connectivity index (χ0v) is 14.3. The molecule has 0 radical (unpaired) electrons. The van der Waals surface area contributed by atoms with Crippen LogP contribution in [0.4, 0.5) is 0 Å². The Hall–Kier alpha value is -2.60. The van der Waals surface area contributed by atoms with E-state index in [4.69, 9.17) is 0 Å². The van der Waals surface area contributed by atoms with E-state index < -0.39 is 0 Å². The number of nitrogens with zero attached hydrogens (tertiary/aromatic N) is 4. The zero-order valence-electron chi connectivity index (χ0n) is 13.5. The molecule has 2 aromatic heterocycles. The van der Waals surface area contributed by atoms with E-state index in [0.717, 1.165) is 27.3 Å². The molecule has 0 fully saturated rings. The van der Waals surface area contributed by atoms with Gasteiger partial charge in [-0.05, 0) is 24.6 Å². The molecule has 0 aliphatic rings. The second-order valence-corrected chi connectivity index (χ2v) is 7.04. The first-order chi connectivity index (χ1) is 11.7. The van der Waals surface area contributed by atoms with E-state index in [2.05, 4.69) is 57.7 Å². The first kappa shape index (κ1) is 15.0. The number of fused-ring (bicyclic) bond motifs is 1. The minimum absolute atomic E-state index is 0.276. The van der Waals surface area contributed by atoms with Crippen LogP contribution in [-0.2, 0) is 7.05 Å². The molecule has 2 aromatic carbocycles. The standard InChI is InChI=1S/C18H17N5S/c1-12(24-18-22-19-11-23(18)2)13-6-5-7-14(10-13)17-15-8-3-4-9-16(15)20-21-17/h3-12H,1-2H3,(H,20,21). The second-order valence-electron chi connectivity index (χ2n) is 5.73. The van der Waals surface area contributed by atoms with Gasteiger partial charge in [0.1, 0.15) is 6.33 Å². The monoisotopic (exact) mass is 335 g/mol. The molecule has 6 heteroatoms. The molecule has 5 nitrogen and oxygen atoms in total. The summed E-state index contributed by atoms with van der Waals surface area (Å²) in [6, 6.07) is 16.7. The Balaban J connectivity index is 1.67. The van der Waals surface area contributed by atoms with Crippen LogP contribution in [0.3, 0.4) is 0 Å². The summed E-state index contributed by atoms with van der Waals surface area (Å²) >= 11 is 1.70. The summed E-state index contributed by atoms with van der Waals surface area (Å²) in [6.07, 6.45) is 1.72. The average Bonchev–Trinajstić information content (AvgIpc) is 3.21. The molecule has 0 aliphatic carbocycles. The summed E-state index contributed by atoms with van der Waals surface area (Å²) in [6.45, 7) is 2.18. The Kier molecular flexibility index (Phi) is 3.82. The van der Waals surface area contributed by atoms with Gasteiger partial charge in [0.25, 0.3) is 0 Å². The quantitative estimate of drug-likeness (QED) is 0.568. The maximum atomic E-state index is 4.50. The van der Waals surface area contributed by atoms with Crippen molar-refractivity contribution in [2.24, 2.45) is 7.05 Å². The molecular formula is C18H17N5S. The third-order valence-corrected chi connectivity index (χ3v) is 5.26. The fourth-order valence-electron chi connectivity index (χ4n) is 2.73. The normalized spacial score (nSPS) is 12.6. The molecule has 0 aliphatic heterocycles. The van der Waals surface area contributed by atoms with Gasteiger partial charge in [0.2, 0.25) is 0 Å². The number of aromatic nitrogens is 5. The molecule has 0 bridgehead atoms. The molecule has 4 aromatic rings. The third kappa shape index (κ3) is 2.69. The topological polar surface area (TPSA) is 59.4 Å². The predicted molar refractivity (Wildman–Crippen MR) is 96.8 cm³/mol. The lowest BCUT2D eigenvalue weighted by Gasteiger charge is -2.12. The highest BCUT2D eigenvalue weighted by Gasteiger charge is 2.13. The number of aryl methyl sites for hydroxylation is 1. The third-order valence-electron chi connectivity index (χ3n) is 4.05. The second kappa shape index (κ2) is 6.13. The average molecular weight is 335 g/mol. The molecular weight excluding hydrogens is 318 g/mol. The number of hydrogen-bond acceptors (Lipinski definition) is 4. The van der Waals surface area contributed by atoms with Crippen LogP contribution in [0.25, 0.3) is 22.2 Å². The molecule has 24 heavy (non-hydrogen) atoms. The van der Waals surface area contributed by atoms with E-state index in [9.17, 15) is 0 Å². The van der Waals surface area contributed by atoms with Crippen LogP contribution in [0.5, 0.6) is 0 Å². The minimum Gasteiger partial charge on any atom is -0.312 e. The van der Waals surface area contributed by atoms with Crippen molar-refractivity contribution < 1.29 is 0 Å². The van der Waals surface area contributed by atoms with Crippen LogP contribution in [0, 0.1) is 0 Å². The van der Waals surface area contributed by atoms with Gasteiger partial charge in [-0.1, -0.05) is 48.2 Å². The largest absolute Gasteiger partial charge is 0.312 e. The molecule has 4 rings (SSSR count). The Labute approximate surface area is 144 Å². The van der Waals surface area contributed by atoms with Gasteiger partial charge in [-0.2, -0.15) is 5.10 Å². The number of aromatic amines is 1. The van der Waals surface area contributed by atoms with Crippen LogP contribution >= 0.6 is 11.8 Å². The zero-order chi connectivity index (χ0) is 16.5. The van der Waals surface area contributed by atoms with E-state index >= 15 is 0 Å². The SMILES string of the molecule is CC(Sc1nncn1C)c1cccc(-c2n[nH]c3ccccc23)c1. The Bertz CT molecular complexity index is 988. The highest BCUT2D eigenvalue weighted by Crippen LogP contribution is 2.35. The molecule has 1 unspecified atom stereocenters. The maximum Gasteiger partial charge on any atom is 0.191 e. The number of hydrogen-bond donors (Lipinski definition) is 1. The molecule has 120 valence electrons. The molecule has 1 N–H and O–H groups in total. The van der Waals surface area contributed by atoms with Gasteiger partial charge in [0.15, 0.2) is 5.16 Å². The van der Waals surface area contributed by atoms with Crippen LogP contribution in [0.2, 0.25) is 0 Å². The van der Waals surface area contributed by atoms with Crippen LogP contribution < -0.4 is 0 Å². The van der Waals surface area contributed by atoms with Gasteiger partial charge in [-0.25, -0.2) is 0 Å². The van der Waals surface area contributed by atoms with Crippen molar-refractivity contribution in [3.05, 3.63) is 60.4 Å². The predicted octanol–water partition coefficient (Wildman–Crippen LogP) is 4.21. The van der Waals surface area contributed by atoms with Crippen LogP contribution in [0.15, 0.2) is 60.0 Å². The number of para-hydroxylation sites is 1. The molecule has 1 atom stereocenters. The fraction of sp³-hybridized carbons (Fsp3) is 0.167. The highest BCUT2D eigenvalue weighted by molar-refractivity contribution is 7.99. The van der Waals surface area contributed by atoms with Crippen LogP contribution in [-0.4, -0.2) is 25.0 Å². The molecule has 2 heterocycles. The van der Waals surface area contributed by atoms with E-state index in [0.29, 0.717) is 0 Å². The number of rotatable bonds is 4. The van der Waals surface area contributed by atoms with Gasteiger partial charge in [-0.15, -0.1) is 10.2 Å². The summed E-state index contributed by atoms with van der Waals surface area (Å²) in [5.41, 5.74) is 4.41. The van der Waals surface area contributed by atoms with Gasteiger partial charge in [-0.3, -0.25) is 5.10 Å². The number of thioether (sulfide) groups is 1. The lowest BCUT2D eigenvalue weighted by Crippen LogP contribution is -1.94. The maximum absolute atomic E-state index is 4.50. The van der Waals surface area contributed by atoms with Crippen molar-refractivity contribution in [1.82, 2.24) is 25.0 Å². The Morgan fingerprint density at radius 1 is 1.12 bits per heavy atom. The Morgan fingerprint density at radius 2 is 2.00 bits per heavy atom. The van der Waals surface area contributed by atoms with Gasteiger partial charge < -0.3 is 4.57 Å². The van der Waals surface area contributed by atoms with E-state index in [1.807, 2.05) is 29.8 Å². The van der Waals surface area contributed by atoms with Crippen LogP contribution in [0.1, 0.15) is 17.7 Å². The number of nitrogens with one attached hydrogen (secondary N) is 1.